The van der Waals surface area contributed by atoms with Crippen LogP contribution in [0.2, 0.25) is 0 Å². The fraction of sp³-hybridized carbons (Fsp3) is 0.913. The van der Waals surface area contributed by atoms with E-state index in [4.69, 9.17) is 9.47 Å². The van der Waals surface area contributed by atoms with Crippen LogP contribution in [0.15, 0.2) is 0 Å². The molecule has 2 aliphatic carbocycles. The summed E-state index contributed by atoms with van der Waals surface area (Å²) in [6.07, 6.45) is 8.89. The van der Waals surface area contributed by atoms with Crippen LogP contribution in [-0.4, -0.2) is 51.1 Å². The molecule has 2 aliphatic rings. The number of nitrogens with one attached hydrogen (secondary N) is 1. The van der Waals surface area contributed by atoms with Crippen molar-refractivity contribution < 1.29 is 19.1 Å². The molecule has 0 aromatic heterocycles. The summed E-state index contributed by atoms with van der Waals surface area (Å²) in [7, 11) is 1.95. The van der Waals surface area contributed by atoms with Crippen LogP contribution in [0.1, 0.15) is 79.6 Å². The van der Waals surface area contributed by atoms with Gasteiger partial charge >= 0.3 is 0 Å². The first-order valence-corrected chi connectivity index (χ1v) is 11.3. The molecular formula is C23H45NO4. The van der Waals surface area contributed by atoms with Crippen LogP contribution in [-0.2, 0) is 19.1 Å². The largest absolute Gasteiger partial charge is 0.381 e. The van der Waals surface area contributed by atoms with Crippen molar-refractivity contribution >= 4 is 12.1 Å². The molecule has 0 aromatic carbocycles. The molecule has 0 aliphatic heterocycles. The Hall–Kier alpha value is -0.780. The van der Waals surface area contributed by atoms with Crippen LogP contribution in [0.25, 0.3) is 0 Å². The van der Waals surface area contributed by atoms with Gasteiger partial charge in [-0.1, -0.05) is 13.8 Å². The maximum atomic E-state index is 10.7. The van der Waals surface area contributed by atoms with Gasteiger partial charge in [0.1, 0.15) is 12.1 Å². The van der Waals surface area contributed by atoms with E-state index in [1.165, 1.54) is 25.7 Å². The van der Waals surface area contributed by atoms with Crippen LogP contribution in [0.5, 0.6) is 0 Å². The number of carbonyl (C=O) groups is 2. The molecule has 2 saturated carbocycles. The zero-order valence-electron chi connectivity index (χ0n) is 19.2. The summed E-state index contributed by atoms with van der Waals surface area (Å²) in [6, 6.07) is 0.610. The molecule has 0 heterocycles. The van der Waals surface area contributed by atoms with E-state index < -0.39 is 0 Å². The van der Waals surface area contributed by atoms with Crippen LogP contribution >= 0.6 is 0 Å². The number of hydrogen-bond acceptors (Lipinski definition) is 5. The van der Waals surface area contributed by atoms with E-state index in [2.05, 4.69) is 19.2 Å². The van der Waals surface area contributed by atoms with Gasteiger partial charge in [0, 0.05) is 31.6 Å². The quantitative estimate of drug-likeness (QED) is 0.435. The van der Waals surface area contributed by atoms with E-state index in [1.807, 2.05) is 20.9 Å². The van der Waals surface area contributed by atoms with Crippen molar-refractivity contribution in [3.05, 3.63) is 0 Å². The first kappa shape index (κ1) is 27.2. The molecule has 0 amide bonds. The number of rotatable bonds is 10. The first-order chi connectivity index (χ1) is 13.5. The Kier molecular flexibility index (Phi) is 16.6. The topological polar surface area (TPSA) is 64.6 Å². The van der Waals surface area contributed by atoms with Crippen LogP contribution in [0, 0.1) is 17.8 Å². The van der Waals surface area contributed by atoms with Crippen LogP contribution < -0.4 is 5.32 Å². The molecule has 2 fully saturated rings. The van der Waals surface area contributed by atoms with Crippen molar-refractivity contribution in [2.75, 3.05) is 26.9 Å². The Bertz CT molecular complexity index is 386. The van der Waals surface area contributed by atoms with Gasteiger partial charge in [-0.3, -0.25) is 4.79 Å². The first-order valence-electron chi connectivity index (χ1n) is 11.3. The lowest BCUT2D eigenvalue weighted by Crippen LogP contribution is -2.41. The number of carbonyl (C=O) groups excluding carboxylic acids is 2. The fourth-order valence-electron chi connectivity index (χ4n) is 3.46. The lowest BCUT2D eigenvalue weighted by molar-refractivity contribution is -0.123. The van der Waals surface area contributed by atoms with Crippen molar-refractivity contribution in [2.24, 2.45) is 17.8 Å². The van der Waals surface area contributed by atoms with E-state index in [0.29, 0.717) is 42.8 Å². The molecule has 0 radical (unpaired) electrons. The lowest BCUT2D eigenvalue weighted by atomic mass is 9.78. The standard InChI is InChI=1S/C14H26O3.C7H13NO.C2H6/c1-12(2)17-11-14-6-4-13(5-7-14)10-16-9-3-8-15;1-5(9)6-3-7(4-6)8-2;1-2/h8,12-14H,3-7,9-11H2,1-2H3;6-8H,3-4H2,1-2H3;1-2H3. The van der Waals surface area contributed by atoms with Crippen molar-refractivity contribution in [1.29, 1.82) is 0 Å². The molecule has 0 atom stereocenters. The predicted molar refractivity (Wildman–Crippen MR) is 116 cm³/mol. The van der Waals surface area contributed by atoms with E-state index in [1.54, 1.807) is 6.92 Å². The third-order valence-corrected chi connectivity index (χ3v) is 5.49. The lowest BCUT2D eigenvalue weighted by Gasteiger charge is -2.32. The molecule has 5 heteroatoms. The maximum Gasteiger partial charge on any atom is 0.133 e. The summed E-state index contributed by atoms with van der Waals surface area (Å²) in [5, 5.41) is 3.13. The van der Waals surface area contributed by atoms with Gasteiger partial charge < -0.3 is 19.6 Å². The molecule has 0 saturated heterocycles. The second-order valence-corrected chi connectivity index (χ2v) is 8.06. The molecule has 1 N–H and O–H groups in total. The molecule has 0 bridgehead atoms. The van der Waals surface area contributed by atoms with E-state index in [-0.39, 0.29) is 0 Å². The highest BCUT2D eigenvalue weighted by atomic mass is 16.5. The molecule has 0 aromatic rings. The van der Waals surface area contributed by atoms with Gasteiger partial charge in [0.05, 0.1) is 12.7 Å². The number of aldehydes is 1. The molecule has 0 unspecified atom stereocenters. The van der Waals surface area contributed by atoms with Gasteiger partial charge in [0.15, 0.2) is 0 Å². The minimum atomic E-state index is 0.347. The molecule has 0 spiro atoms. The van der Waals surface area contributed by atoms with Gasteiger partial charge in [-0.25, -0.2) is 0 Å². The fourth-order valence-corrected chi connectivity index (χ4v) is 3.46. The third kappa shape index (κ3) is 12.6. The summed E-state index contributed by atoms with van der Waals surface area (Å²) in [4.78, 5) is 20.8. The monoisotopic (exact) mass is 399 g/mol. The van der Waals surface area contributed by atoms with Crippen molar-refractivity contribution in [1.82, 2.24) is 5.32 Å². The van der Waals surface area contributed by atoms with E-state index in [0.717, 1.165) is 38.3 Å². The van der Waals surface area contributed by atoms with Crippen LogP contribution in [0.4, 0.5) is 0 Å². The zero-order valence-corrected chi connectivity index (χ0v) is 19.2. The van der Waals surface area contributed by atoms with Crippen molar-refractivity contribution in [3.63, 3.8) is 0 Å². The summed E-state index contributed by atoms with van der Waals surface area (Å²) >= 11 is 0. The average molecular weight is 400 g/mol. The second kappa shape index (κ2) is 17.1. The minimum absolute atomic E-state index is 0.347. The highest BCUT2D eigenvalue weighted by Gasteiger charge is 2.30. The zero-order chi connectivity index (χ0) is 21.4. The molecule has 166 valence electrons. The number of Topliss-reactive ketones (excluding diaryl/α,β-unsaturated/α-hetero) is 1. The normalized spacial score (nSPS) is 26.2. The maximum absolute atomic E-state index is 10.7. The number of hydrogen-bond donors (Lipinski definition) is 1. The van der Waals surface area contributed by atoms with Gasteiger partial charge in [0.25, 0.3) is 0 Å². The Morgan fingerprint density at radius 3 is 2.04 bits per heavy atom. The summed E-state index contributed by atoms with van der Waals surface area (Å²) in [5.41, 5.74) is 0. The highest BCUT2D eigenvalue weighted by molar-refractivity contribution is 5.79. The van der Waals surface area contributed by atoms with Gasteiger partial charge in [-0.2, -0.15) is 0 Å². The number of ether oxygens (including phenoxy) is 2. The predicted octanol–water partition coefficient (Wildman–Crippen LogP) is 4.42. The molecule has 2 rings (SSSR count). The Morgan fingerprint density at radius 2 is 1.61 bits per heavy atom. The van der Waals surface area contributed by atoms with E-state index >= 15 is 0 Å². The second-order valence-electron chi connectivity index (χ2n) is 8.06. The smallest absolute Gasteiger partial charge is 0.133 e. The van der Waals surface area contributed by atoms with Gasteiger partial charge in [-0.05, 0) is 78.2 Å². The molecule has 5 nitrogen and oxygen atoms in total. The Labute approximate surface area is 173 Å². The Balaban J connectivity index is 0.000000556. The summed E-state index contributed by atoms with van der Waals surface area (Å²) in [5.74, 6) is 2.14. The summed E-state index contributed by atoms with van der Waals surface area (Å²) < 4.78 is 11.1. The Morgan fingerprint density at radius 1 is 1.07 bits per heavy atom. The third-order valence-electron chi connectivity index (χ3n) is 5.49. The molecule has 28 heavy (non-hydrogen) atoms. The average Bonchev–Trinajstić information content (AvgIpc) is 2.65. The van der Waals surface area contributed by atoms with Gasteiger partial charge in [0.2, 0.25) is 0 Å². The van der Waals surface area contributed by atoms with E-state index in [9.17, 15) is 9.59 Å². The summed E-state index contributed by atoms with van der Waals surface area (Å²) in [6.45, 7) is 12.2. The van der Waals surface area contributed by atoms with Crippen molar-refractivity contribution in [3.8, 4) is 0 Å². The molecular weight excluding hydrogens is 354 g/mol. The number of ketones is 1. The van der Waals surface area contributed by atoms with Gasteiger partial charge in [-0.15, -0.1) is 0 Å². The van der Waals surface area contributed by atoms with Crippen LogP contribution in [0.3, 0.4) is 0 Å². The highest BCUT2D eigenvalue weighted by Crippen LogP contribution is 2.29. The minimum Gasteiger partial charge on any atom is -0.381 e. The SMILES string of the molecule is CC.CC(C)OCC1CCC(COCCC=O)CC1.CNC1CC(C(C)=O)C1. The van der Waals surface area contributed by atoms with Crippen molar-refractivity contribution in [2.45, 2.75) is 91.7 Å².